The van der Waals surface area contributed by atoms with Crippen LogP contribution in [0.2, 0.25) is 0 Å². The number of halogens is 1. The van der Waals surface area contributed by atoms with E-state index in [-0.39, 0.29) is 5.38 Å². The number of piperidine rings is 1. The summed E-state index contributed by atoms with van der Waals surface area (Å²) >= 11 is 6.02. The quantitative estimate of drug-likeness (QED) is 0.776. The predicted octanol–water partition coefficient (Wildman–Crippen LogP) is 2.39. The molecule has 2 rings (SSSR count). The molecule has 1 fully saturated rings. The Bertz CT molecular complexity index is 484. The van der Waals surface area contributed by atoms with E-state index in [0.717, 1.165) is 18.4 Å². The molecule has 1 atom stereocenters. The van der Waals surface area contributed by atoms with Crippen molar-refractivity contribution in [1.29, 1.82) is 0 Å². The molecule has 0 radical (unpaired) electrons. The average Bonchev–Trinajstić information content (AvgIpc) is 2.29. The third-order valence-electron chi connectivity index (χ3n) is 2.99. The summed E-state index contributed by atoms with van der Waals surface area (Å²) in [7, 11) is -3.36. The molecule has 0 N–H and O–H groups in total. The zero-order chi connectivity index (χ0) is 12.5. The highest BCUT2D eigenvalue weighted by molar-refractivity contribution is 7.89. The molecular formula is C12H16ClNO2S. The third-order valence-corrected chi connectivity index (χ3v) is 5.22. The minimum Gasteiger partial charge on any atom is -0.207 e. The van der Waals surface area contributed by atoms with Gasteiger partial charge in [0.25, 0.3) is 0 Å². The van der Waals surface area contributed by atoms with Crippen LogP contribution in [-0.2, 0) is 10.0 Å². The van der Waals surface area contributed by atoms with E-state index < -0.39 is 10.0 Å². The van der Waals surface area contributed by atoms with Crippen LogP contribution < -0.4 is 0 Å². The molecule has 0 amide bonds. The van der Waals surface area contributed by atoms with Crippen molar-refractivity contribution in [2.45, 2.75) is 30.0 Å². The minimum absolute atomic E-state index is 0.0658. The Balaban J connectivity index is 2.26. The summed E-state index contributed by atoms with van der Waals surface area (Å²) < 4.78 is 26.1. The fourth-order valence-electron chi connectivity index (χ4n) is 1.97. The number of hydrogen-bond donors (Lipinski definition) is 0. The molecule has 17 heavy (non-hydrogen) atoms. The fourth-order valence-corrected chi connectivity index (χ4v) is 3.90. The van der Waals surface area contributed by atoms with Gasteiger partial charge >= 0.3 is 0 Å². The van der Waals surface area contributed by atoms with Crippen LogP contribution in [0.15, 0.2) is 29.2 Å². The zero-order valence-electron chi connectivity index (χ0n) is 9.77. The van der Waals surface area contributed by atoms with Crippen LogP contribution in [0.25, 0.3) is 0 Å². The highest BCUT2D eigenvalue weighted by Gasteiger charge is 2.29. The topological polar surface area (TPSA) is 37.4 Å². The van der Waals surface area contributed by atoms with E-state index in [2.05, 4.69) is 0 Å². The smallest absolute Gasteiger partial charge is 0.207 e. The first kappa shape index (κ1) is 12.9. The van der Waals surface area contributed by atoms with E-state index in [4.69, 9.17) is 11.6 Å². The number of alkyl halides is 1. The lowest BCUT2D eigenvalue weighted by Gasteiger charge is -2.28. The maximum Gasteiger partial charge on any atom is 0.243 e. The molecule has 1 saturated heterocycles. The van der Waals surface area contributed by atoms with Gasteiger partial charge in [-0.3, -0.25) is 0 Å². The Morgan fingerprint density at radius 3 is 2.53 bits per heavy atom. The first-order valence-corrected chi connectivity index (χ1v) is 7.59. The average molecular weight is 274 g/mol. The summed E-state index contributed by atoms with van der Waals surface area (Å²) in [5.41, 5.74) is 1.05. The van der Waals surface area contributed by atoms with Crippen molar-refractivity contribution in [3.8, 4) is 0 Å². The first-order chi connectivity index (χ1) is 8.00. The van der Waals surface area contributed by atoms with Gasteiger partial charge in [-0.15, -0.1) is 11.6 Å². The van der Waals surface area contributed by atoms with Crippen molar-refractivity contribution in [2.75, 3.05) is 13.1 Å². The Kier molecular flexibility index (Phi) is 3.76. The van der Waals surface area contributed by atoms with E-state index >= 15 is 0 Å². The van der Waals surface area contributed by atoms with Crippen LogP contribution in [0.1, 0.15) is 18.4 Å². The Morgan fingerprint density at radius 1 is 1.29 bits per heavy atom. The van der Waals surface area contributed by atoms with Gasteiger partial charge in [0.1, 0.15) is 0 Å². The zero-order valence-corrected chi connectivity index (χ0v) is 11.3. The Labute approximate surface area is 107 Å². The maximum atomic E-state index is 12.3. The van der Waals surface area contributed by atoms with Crippen molar-refractivity contribution in [3.05, 3.63) is 29.8 Å². The van der Waals surface area contributed by atoms with Crippen molar-refractivity contribution in [2.24, 2.45) is 0 Å². The second-order valence-corrected chi connectivity index (χ2v) is 6.97. The van der Waals surface area contributed by atoms with Gasteiger partial charge in [-0.05, 0) is 31.9 Å². The van der Waals surface area contributed by atoms with Gasteiger partial charge in [0.15, 0.2) is 0 Å². The second kappa shape index (κ2) is 4.96. The standard InChI is InChI=1S/C12H16ClNO2S/c1-10-4-6-12(7-5-10)17(15,16)14-8-2-3-11(13)9-14/h4-7,11H,2-3,8-9H2,1H3. The number of aryl methyl sites for hydroxylation is 1. The van der Waals surface area contributed by atoms with Crippen LogP contribution in [0, 0.1) is 6.92 Å². The fraction of sp³-hybridized carbons (Fsp3) is 0.500. The molecule has 1 aliphatic heterocycles. The van der Waals surface area contributed by atoms with E-state index in [1.54, 1.807) is 12.1 Å². The van der Waals surface area contributed by atoms with Crippen LogP contribution in [-0.4, -0.2) is 31.2 Å². The van der Waals surface area contributed by atoms with Crippen molar-refractivity contribution in [3.63, 3.8) is 0 Å². The van der Waals surface area contributed by atoms with Crippen LogP contribution in [0.3, 0.4) is 0 Å². The van der Waals surface area contributed by atoms with Gasteiger partial charge in [-0.2, -0.15) is 4.31 Å². The Hall–Kier alpha value is -0.580. The van der Waals surface area contributed by atoms with Crippen molar-refractivity contribution < 1.29 is 8.42 Å². The molecule has 0 aromatic heterocycles. The molecular weight excluding hydrogens is 258 g/mol. The molecule has 94 valence electrons. The molecule has 1 aromatic carbocycles. The van der Waals surface area contributed by atoms with Gasteiger partial charge in [0.05, 0.1) is 4.90 Å². The summed E-state index contributed by atoms with van der Waals surface area (Å²) in [5, 5.41) is -0.0658. The highest BCUT2D eigenvalue weighted by Crippen LogP contribution is 2.23. The molecule has 1 aromatic rings. The molecule has 1 heterocycles. The van der Waals surface area contributed by atoms with Gasteiger partial charge in [-0.1, -0.05) is 17.7 Å². The number of benzene rings is 1. The number of hydrogen-bond acceptors (Lipinski definition) is 2. The van der Waals surface area contributed by atoms with Crippen molar-refractivity contribution >= 4 is 21.6 Å². The summed E-state index contributed by atoms with van der Waals surface area (Å²) in [6, 6.07) is 6.94. The molecule has 1 unspecified atom stereocenters. The van der Waals surface area contributed by atoms with E-state index in [1.165, 1.54) is 4.31 Å². The number of sulfonamides is 1. The summed E-state index contributed by atoms with van der Waals surface area (Å²) in [4.78, 5) is 0.355. The number of rotatable bonds is 2. The molecule has 3 nitrogen and oxygen atoms in total. The highest BCUT2D eigenvalue weighted by atomic mass is 35.5. The first-order valence-electron chi connectivity index (χ1n) is 5.71. The molecule has 0 bridgehead atoms. The SMILES string of the molecule is Cc1ccc(S(=O)(=O)N2CCCC(Cl)C2)cc1. The third kappa shape index (κ3) is 2.81. The van der Waals surface area contributed by atoms with Crippen LogP contribution >= 0.6 is 11.6 Å². The monoisotopic (exact) mass is 273 g/mol. The lowest BCUT2D eigenvalue weighted by molar-refractivity contribution is 0.350. The normalized spacial score (nSPS) is 22.6. The van der Waals surface area contributed by atoms with Gasteiger partial charge in [0.2, 0.25) is 10.0 Å². The largest absolute Gasteiger partial charge is 0.243 e. The van der Waals surface area contributed by atoms with E-state index in [1.807, 2.05) is 19.1 Å². The van der Waals surface area contributed by atoms with Gasteiger partial charge in [-0.25, -0.2) is 8.42 Å². The molecule has 0 aliphatic carbocycles. The molecule has 0 saturated carbocycles. The van der Waals surface area contributed by atoms with Gasteiger partial charge in [0, 0.05) is 18.5 Å². The summed E-state index contributed by atoms with van der Waals surface area (Å²) in [6.45, 7) is 2.92. The summed E-state index contributed by atoms with van der Waals surface area (Å²) in [5.74, 6) is 0. The molecule has 1 aliphatic rings. The van der Waals surface area contributed by atoms with Gasteiger partial charge < -0.3 is 0 Å². The van der Waals surface area contributed by atoms with Crippen LogP contribution in [0.5, 0.6) is 0 Å². The lowest BCUT2D eigenvalue weighted by Crippen LogP contribution is -2.40. The maximum absolute atomic E-state index is 12.3. The van der Waals surface area contributed by atoms with E-state index in [9.17, 15) is 8.42 Å². The summed E-state index contributed by atoms with van der Waals surface area (Å²) in [6.07, 6.45) is 1.72. The predicted molar refractivity (Wildman–Crippen MR) is 68.8 cm³/mol. The lowest BCUT2D eigenvalue weighted by atomic mass is 10.2. The molecule has 5 heteroatoms. The second-order valence-electron chi connectivity index (χ2n) is 4.42. The van der Waals surface area contributed by atoms with Crippen LogP contribution in [0.4, 0.5) is 0 Å². The Morgan fingerprint density at radius 2 is 1.94 bits per heavy atom. The molecule has 0 spiro atoms. The minimum atomic E-state index is -3.36. The van der Waals surface area contributed by atoms with E-state index in [0.29, 0.717) is 18.0 Å². The van der Waals surface area contributed by atoms with Crippen molar-refractivity contribution in [1.82, 2.24) is 4.31 Å². The number of nitrogens with zero attached hydrogens (tertiary/aromatic N) is 1.